The molecule has 0 spiro atoms. The third kappa shape index (κ3) is 28.3. The molecule has 0 bridgehead atoms. The van der Waals surface area contributed by atoms with Crippen molar-refractivity contribution in [2.75, 3.05) is 26.2 Å². The highest BCUT2D eigenvalue weighted by molar-refractivity contribution is 4.66. The highest BCUT2D eigenvalue weighted by Gasteiger charge is 2.11. The van der Waals surface area contributed by atoms with Gasteiger partial charge in [0.25, 0.3) is 0 Å². The number of hydrogen-bond acceptors (Lipinski definition) is 3. The van der Waals surface area contributed by atoms with Crippen LogP contribution < -0.4 is 5.73 Å². The standard InChI is InChI=1S/C32H68N2O/c1-3-5-7-9-11-13-14-15-16-17-18-19-20-22-24-26-29-34(30-28-33)31-32(35)27-25-23-21-12-10-8-6-4-2/h32,35H,3-31,33H2,1-2H3. The Morgan fingerprint density at radius 1 is 0.486 bits per heavy atom. The summed E-state index contributed by atoms with van der Waals surface area (Å²) < 4.78 is 0. The number of nitrogens with two attached hydrogens (primary N) is 1. The van der Waals surface area contributed by atoms with Gasteiger partial charge in [0, 0.05) is 19.6 Å². The molecule has 0 heterocycles. The van der Waals surface area contributed by atoms with Crippen LogP contribution in [0.1, 0.15) is 174 Å². The summed E-state index contributed by atoms with van der Waals surface area (Å²) in [5, 5.41) is 10.5. The summed E-state index contributed by atoms with van der Waals surface area (Å²) in [7, 11) is 0. The van der Waals surface area contributed by atoms with Gasteiger partial charge in [0.15, 0.2) is 0 Å². The molecule has 0 radical (unpaired) electrons. The average Bonchev–Trinajstić information content (AvgIpc) is 2.85. The minimum atomic E-state index is -0.178. The second-order valence-corrected chi connectivity index (χ2v) is 11.3. The first-order valence-corrected chi connectivity index (χ1v) is 16.3. The van der Waals surface area contributed by atoms with Gasteiger partial charge in [0.1, 0.15) is 0 Å². The molecule has 1 unspecified atom stereocenters. The van der Waals surface area contributed by atoms with Crippen molar-refractivity contribution in [3.8, 4) is 0 Å². The van der Waals surface area contributed by atoms with Crippen molar-refractivity contribution in [2.24, 2.45) is 5.73 Å². The number of aliphatic hydroxyl groups excluding tert-OH is 1. The second kappa shape index (κ2) is 30.1. The lowest BCUT2D eigenvalue weighted by atomic mass is 10.0. The Hall–Kier alpha value is -0.120. The Morgan fingerprint density at radius 3 is 1.20 bits per heavy atom. The normalized spacial score (nSPS) is 12.6. The van der Waals surface area contributed by atoms with Crippen LogP contribution in [0.2, 0.25) is 0 Å². The number of unbranched alkanes of at least 4 members (excludes halogenated alkanes) is 22. The first-order chi connectivity index (χ1) is 17.2. The lowest BCUT2D eigenvalue weighted by molar-refractivity contribution is 0.103. The van der Waals surface area contributed by atoms with Gasteiger partial charge in [-0.3, -0.25) is 4.90 Å². The van der Waals surface area contributed by atoms with E-state index in [1.165, 1.54) is 154 Å². The fourth-order valence-corrected chi connectivity index (χ4v) is 5.26. The van der Waals surface area contributed by atoms with Gasteiger partial charge in [-0.2, -0.15) is 0 Å². The van der Waals surface area contributed by atoms with Gasteiger partial charge in [-0.1, -0.05) is 162 Å². The molecule has 0 aromatic carbocycles. The molecule has 0 aliphatic carbocycles. The van der Waals surface area contributed by atoms with E-state index in [2.05, 4.69) is 18.7 Å². The molecule has 212 valence electrons. The van der Waals surface area contributed by atoms with Crippen LogP contribution >= 0.6 is 0 Å². The zero-order chi connectivity index (χ0) is 25.7. The molecule has 3 N–H and O–H groups in total. The fourth-order valence-electron chi connectivity index (χ4n) is 5.26. The summed E-state index contributed by atoms with van der Waals surface area (Å²) in [6.07, 6.45) is 34.0. The number of hydrogen-bond donors (Lipinski definition) is 2. The Morgan fingerprint density at radius 2 is 0.829 bits per heavy atom. The minimum absolute atomic E-state index is 0.178. The van der Waals surface area contributed by atoms with E-state index in [-0.39, 0.29) is 6.10 Å². The van der Waals surface area contributed by atoms with Gasteiger partial charge in [-0.15, -0.1) is 0 Å². The van der Waals surface area contributed by atoms with E-state index in [1.807, 2.05) is 0 Å². The summed E-state index contributed by atoms with van der Waals surface area (Å²) >= 11 is 0. The number of rotatable bonds is 30. The molecule has 0 saturated heterocycles. The largest absolute Gasteiger partial charge is 0.392 e. The Labute approximate surface area is 222 Å². The molecule has 1 atom stereocenters. The minimum Gasteiger partial charge on any atom is -0.392 e. The SMILES string of the molecule is CCCCCCCCCCCCCCCCCCN(CCN)CC(O)CCCCCCCCCC. The third-order valence-corrected chi connectivity index (χ3v) is 7.63. The van der Waals surface area contributed by atoms with Crippen LogP contribution in [-0.2, 0) is 0 Å². The fraction of sp³-hybridized carbons (Fsp3) is 1.00. The smallest absolute Gasteiger partial charge is 0.0667 e. The molecule has 3 heteroatoms. The van der Waals surface area contributed by atoms with Crippen LogP contribution in [0.5, 0.6) is 0 Å². The summed E-state index contributed by atoms with van der Waals surface area (Å²) in [5.41, 5.74) is 5.83. The van der Waals surface area contributed by atoms with E-state index in [9.17, 15) is 5.11 Å². The number of aliphatic hydroxyl groups is 1. The number of nitrogens with zero attached hydrogens (tertiary/aromatic N) is 1. The van der Waals surface area contributed by atoms with E-state index < -0.39 is 0 Å². The first-order valence-electron chi connectivity index (χ1n) is 16.3. The Balaban J connectivity index is 3.49. The zero-order valence-electron chi connectivity index (χ0n) is 24.6. The molecule has 0 rings (SSSR count). The summed E-state index contributed by atoms with van der Waals surface area (Å²) in [6, 6.07) is 0. The topological polar surface area (TPSA) is 49.5 Å². The van der Waals surface area contributed by atoms with E-state index in [4.69, 9.17) is 5.73 Å². The van der Waals surface area contributed by atoms with Crippen molar-refractivity contribution in [3.63, 3.8) is 0 Å². The van der Waals surface area contributed by atoms with Crippen LogP contribution in [0.15, 0.2) is 0 Å². The van der Waals surface area contributed by atoms with Crippen LogP contribution in [0, 0.1) is 0 Å². The maximum absolute atomic E-state index is 10.5. The van der Waals surface area contributed by atoms with Crippen molar-refractivity contribution < 1.29 is 5.11 Å². The monoisotopic (exact) mass is 497 g/mol. The van der Waals surface area contributed by atoms with Crippen molar-refractivity contribution in [2.45, 2.75) is 180 Å². The average molecular weight is 497 g/mol. The highest BCUT2D eigenvalue weighted by Crippen LogP contribution is 2.14. The van der Waals surface area contributed by atoms with Crippen LogP contribution in [0.4, 0.5) is 0 Å². The van der Waals surface area contributed by atoms with E-state index in [0.29, 0.717) is 6.54 Å². The zero-order valence-corrected chi connectivity index (χ0v) is 24.6. The molecule has 0 saturated carbocycles. The van der Waals surface area contributed by atoms with Gasteiger partial charge in [-0.25, -0.2) is 0 Å². The maximum atomic E-state index is 10.5. The van der Waals surface area contributed by atoms with E-state index in [0.717, 1.165) is 26.1 Å². The molecular weight excluding hydrogens is 428 g/mol. The summed E-state index contributed by atoms with van der Waals surface area (Å²) in [4.78, 5) is 2.40. The molecule has 0 aliphatic heterocycles. The Bertz CT molecular complexity index is 377. The van der Waals surface area contributed by atoms with Crippen LogP contribution in [-0.4, -0.2) is 42.3 Å². The van der Waals surface area contributed by atoms with Gasteiger partial charge in [0.2, 0.25) is 0 Å². The molecular formula is C32H68N2O. The third-order valence-electron chi connectivity index (χ3n) is 7.63. The lowest BCUT2D eigenvalue weighted by Crippen LogP contribution is -2.36. The second-order valence-electron chi connectivity index (χ2n) is 11.3. The first kappa shape index (κ1) is 34.9. The molecule has 0 aromatic heterocycles. The molecule has 0 fully saturated rings. The molecule has 0 aliphatic rings. The predicted octanol–water partition coefficient (Wildman–Crippen LogP) is 9.40. The van der Waals surface area contributed by atoms with Crippen molar-refractivity contribution >= 4 is 0 Å². The predicted molar refractivity (Wildman–Crippen MR) is 158 cm³/mol. The van der Waals surface area contributed by atoms with Gasteiger partial charge in [0.05, 0.1) is 6.10 Å². The molecule has 3 nitrogen and oxygen atoms in total. The van der Waals surface area contributed by atoms with Gasteiger partial charge < -0.3 is 10.8 Å². The maximum Gasteiger partial charge on any atom is 0.0667 e. The van der Waals surface area contributed by atoms with E-state index in [1.54, 1.807) is 0 Å². The van der Waals surface area contributed by atoms with Crippen molar-refractivity contribution in [1.29, 1.82) is 0 Å². The van der Waals surface area contributed by atoms with Crippen molar-refractivity contribution in [1.82, 2.24) is 4.90 Å². The van der Waals surface area contributed by atoms with E-state index >= 15 is 0 Å². The van der Waals surface area contributed by atoms with Crippen LogP contribution in [0.25, 0.3) is 0 Å². The quantitative estimate of drug-likeness (QED) is 0.0973. The summed E-state index contributed by atoms with van der Waals surface area (Å²) in [5.74, 6) is 0. The lowest BCUT2D eigenvalue weighted by Gasteiger charge is -2.24. The van der Waals surface area contributed by atoms with Crippen LogP contribution in [0.3, 0.4) is 0 Å². The molecule has 0 amide bonds. The Kier molecular flexibility index (Phi) is 30.0. The van der Waals surface area contributed by atoms with Gasteiger partial charge in [-0.05, 0) is 19.4 Å². The van der Waals surface area contributed by atoms with Crippen molar-refractivity contribution in [3.05, 3.63) is 0 Å². The summed E-state index contributed by atoms with van der Waals surface area (Å²) in [6.45, 7) is 8.10. The molecule has 35 heavy (non-hydrogen) atoms. The van der Waals surface area contributed by atoms with Gasteiger partial charge >= 0.3 is 0 Å². The molecule has 0 aromatic rings. The highest BCUT2D eigenvalue weighted by atomic mass is 16.3.